The Morgan fingerprint density at radius 3 is 2.32 bits per heavy atom. The first-order valence-corrected chi connectivity index (χ1v) is 9.71. The molecule has 0 saturated heterocycles. The zero-order valence-corrected chi connectivity index (χ0v) is 15.7. The van der Waals surface area contributed by atoms with E-state index in [4.69, 9.17) is 9.88 Å². The molecule has 1 rings (SSSR count). The molecule has 0 aliphatic carbocycles. The van der Waals surface area contributed by atoms with Crippen molar-refractivity contribution in [3.05, 3.63) is 29.8 Å². The number of rotatable bonds is 9. The number of carbonyl (C=O) groups is 2. The Labute approximate surface area is 149 Å². The summed E-state index contributed by atoms with van der Waals surface area (Å²) in [6.45, 7) is 4.23. The summed E-state index contributed by atoms with van der Waals surface area (Å²) >= 11 is 0. The van der Waals surface area contributed by atoms with Crippen molar-refractivity contribution in [3.8, 4) is 0 Å². The van der Waals surface area contributed by atoms with Crippen molar-refractivity contribution in [1.82, 2.24) is 4.90 Å². The van der Waals surface area contributed by atoms with E-state index in [2.05, 4.69) is 0 Å². The molecule has 8 heteroatoms. The molecule has 2 N–H and O–H groups in total. The maximum atomic E-state index is 12.4. The third-order valence-corrected chi connectivity index (χ3v) is 4.75. The van der Waals surface area contributed by atoms with Crippen LogP contribution in [0.5, 0.6) is 0 Å². The topological polar surface area (TPSA) is 107 Å². The minimum Gasteiger partial charge on any atom is -0.469 e. The number of carbonyl (C=O) groups excluding carboxylic acids is 2. The molecular formula is C17H26N2O5S. The van der Waals surface area contributed by atoms with Crippen molar-refractivity contribution in [2.75, 3.05) is 13.7 Å². The van der Waals surface area contributed by atoms with Gasteiger partial charge in [-0.1, -0.05) is 32.4 Å². The smallest absolute Gasteiger partial charge is 0.310 e. The molecule has 1 amide bonds. The number of esters is 1. The molecule has 0 aliphatic heterocycles. The number of amides is 1. The Morgan fingerprint density at radius 2 is 1.84 bits per heavy atom. The highest BCUT2D eigenvalue weighted by atomic mass is 32.2. The lowest BCUT2D eigenvalue weighted by Crippen LogP contribution is -2.36. The van der Waals surface area contributed by atoms with Gasteiger partial charge in [0.15, 0.2) is 0 Å². The maximum Gasteiger partial charge on any atom is 0.310 e. The van der Waals surface area contributed by atoms with Crippen molar-refractivity contribution in [3.63, 3.8) is 0 Å². The second kappa shape index (κ2) is 9.53. The van der Waals surface area contributed by atoms with Crippen molar-refractivity contribution in [2.24, 2.45) is 11.1 Å². The van der Waals surface area contributed by atoms with Gasteiger partial charge in [0.1, 0.15) is 0 Å². The van der Waals surface area contributed by atoms with Gasteiger partial charge >= 0.3 is 5.97 Å². The van der Waals surface area contributed by atoms with Crippen molar-refractivity contribution < 1.29 is 22.7 Å². The molecular weight excluding hydrogens is 344 g/mol. The summed E-state index contributed by atoms with van der Waals surface area (Å²) in [5.41, 5.74) is 0.759. The predicted octanol–water partition coefficient (Wildman–Crippen LogP) is 1.66. The molecule has 1 aromatic carbocycles. The molecule has 0 aromatic heterocycles. The van der Waals surface area contributed by atoms with Crippen LogP contribution in [0.1, 0.15) is 38.7 Å². The third kappa shape index (κ3) is 6.83. The predicted molar refractivity (Wildman–Crippen MR) is 93.9 cm³/mol. The SMILES string of the molecule is CCCCC(=O)N(Cc1ccc(S(N)(=O)=O)cc1)CC(C)C(=O)OC. The molecule has 0 aliphatic rings. The summed E-state index contributed by atoms with van der Waals surface area (Å²) in [5.74, 6) is -0.870. The van der Waals surface area contributed by atoms with Gasteiger partial charge in [-0.3, -0.25) is 9.59 Å². The number of methoxy groups -OCH3 is 1. The maximum absolute atomic E-state index is 12.4. The van der Waals surface area contributed by atoms with Crippen molar-refractivity contribution in [1.29, 1.82) is 0 Å². The van der Waals surface area contributed by atoms with E-state index in [0.29, 0.717) is 6.42 Å². The van der Waals surface area contributed by atoms with Gasteiger partial charge in [0.05, 0.1) is 17.9 Å². The van der Waals surface area contributed by atoms with Gasteiger partial charge in [-0.05, 0) is 24.1 Å². The number of nitrogens with two attached hydrogens (primary N) is 1. The molecule has 0 heterocycles. The standard InChI is InChI=1S/C17H26N2O5S/c1-4-5-6-16(20)19(11-13(2)17(21)24-3)12-14-7-9-15(10-8-14)25(18,22)23/h7-10,13H,4-6,11-12H2,1-3H3,(H2,18,22,23). The minimum absolute atomic E-state index is 0.0167. The monoisotopic (exact) mass is 370 g/mol. The Morgan fingerprint density at radius 1 is 1.24 bits per heavy atom. The lowest BCUT2D eigenvalue weighted by atomic mass is 10.1. The molecule has 1 aromatic rings. The first kappa shape index (κ1) is 21.1. The van der Waals surface area contributed by atoms with E-state index in [1.807, 2.05) is 6.92 Å². The van der Waals surface area contributed by atoms with Gasteiger partial charge in [-0.2, -0.15) is 0 Å². The molecule has 0 spiro atoms. The Bertz CT molecular complexity index is 685. The fraction of sp³-hybridized carbons (Fsp3) is 0.529. The van der Waals surface area contributed by atoms with E-state index >= 15 is 0 Å². The number of unbranched alkanes of at least 4 members (excludes halogenated alkanes) is 1. The Hall–Kier alpha value is -1.93. The van der Waals surface area contributed by atoms with Crippen LogP contribution >= 0.6 is 0 Å². The summed E-state index contributed by atoms with van der Waals surface area (Å²) in [5, 5.41) is 5.08. The Balaban J connectivity index is 2.91. The van der Waals surface area contributed by atoms with Crippen LogP contribution in [0.15, 0.2) is 29.2 Å². The number of hydrogen-bond donors (Lipinski definition) is 1. The van der Waals surface area contributed by atoms with Crippen LogP contribution in [-0.4, -0.2) is 38.8 Å². The molecule has 1 atom stereocenters. The molecule has 140 valence electrons. The number of sulfonamides is 1. The van der Waals surface area contributed by atoms with Crippen LogP contribution < -0.4 is 5.14 Å². The van der Waals surface area contributed by atoms with Gasteiger partial charge in [-0.15, -0.1) is 0 Å². The average molecular weight is 370 g/mol. The fourth-order valence-electron chi connectivity index (χ4n) is 2.35. The number of hydrogen-bond acceptors (Lipinski definition) is 5. The number of nitrogens with zero attached hydrogens (tertiary/aromatic N) is 1. The molecule has 1 unspecified atom stereocenters. The van der Waals surface area contributed by atoms with Gasteiger partial charge in [0.25, 0.3) is 0 Å². The number of primary sulfonamides is 1. The molecule has 0 bridgehead atoms. The summed E-state index contributed by atoms with van der Waals surface area (Å²) in [7, 11) is -2.44. The zero-order chi connectivity index (χ0) is 19.0. The highest BCUT2D eigenvalue weighted by molar-refractivity contribution is 7.89. The summed E-state index contributed by atoms with van der Waals surface area (Å²) in [4.78, 5) is 25.7. The quantitative estimate of drug-likeness (QED) is 0.665. The molecule has 0 fully saturated rings. The van der Waals surface area contributed by atoms with Crippen LogP contribution in [-0.2, 0) is 30.9 Å². The van der Waals surface area contributed by atoms with Crippen LogP contribution in [0.2, 0.25) is 0 Å². The van der Waals surface area contributed by atoms with Crippen LogP contribution in [0.25, 0.3) is 0 Å². The molecule has 25 heavy (non-hydrogen) atoms. The molecule has 0 saturated carbocycles. The summed E-state index contributed by atoms with van der Waals surface area (Å²) in [6.07, 6.45) is 2.07. The van der Waals surface area contributed by atoms with Crippen LogP contribution in [0.3, 0.4) is 0 Å². The second-order valence-corrected chi connectivity index (χ2v) is 7.55. The highest BCUT2D eigenvalue weighted by Gasteiger charge is 2.21. The highest BCUT2D eigenvalue weighted by Crippen LogP contribution is 2.14. The first-order chi connectivity index (χ1) is 11.7. The normalized spacial score (nSPS) is 12.5. The van der Waals surface area contributed by atoms with Gasteiger partial charge in [-0.25, -0.2) is 13.6 Å². The molecule has 7 nitrogen and oxygen atoms in total. The van der Waals surface area contributed by atoms with Crippen LogP contribution in [0.4, 0.5) is 0 Å². The zero-order valence-electron chi connectivity index (χ0n) is 14.9. The summed E-state index contributed by atoms with van der Waals surface area (Å²) in [6, 6.07) is 6.04. The average Bonchev–Trinajstić information content (AvgIpc) is 2.57. The lowest BCUT2D eigenvalue weighted by molar-refractivity contribution is -0.146. The Kier molecular flexibility index (Phi) is 8.05. The van der Waals surface area contributed by atoms with E-state index in [1.165, 1.54) is 19.2 Å². The number of benzene rings is 1. The minimum atomic E-state index is -3.75. The first-order valence-electron chi connectivity index (χ1n) is 8.16. The summed E-state index contributed by atoms with van der Waals surface area (Å²) < 4.78 is 27.3. The van der Waals surface area contributed by atoms with Crippen LogP contribution in [0, 0.1) is 5.92 Å². The number of ether oxygens (including phenoxy) is 1. The molecule has 0 radical (unpaired) electrons. The van der Waals surface area contributed by atoms with E-state index < -0.39 is 15.9 Å². The third-order valence-electron chi connectivity index (χ3n) is 3.82. The van der Waals surface area contributed by atoms with Gasteiger partial charge in [0.2, 0.25) is 15.9 Å². The van der Waals surface area contributed by atoms with E-state index in [-0.39, 0.29) is 29.9 Å². The van der Waals surface area contributed by atoms with Crippen molar-refractivity contribution in [2.45, 2.75) is 44.6 Å². The largest absolute Gasteiger partial charge is 0.469 e. The van der Waals surface area contributed by atoms with E-state index in [0.717, 1.165) is 18.4 Å². The van der Waals surface area contributed by atoms with Gasteiger partial charge in [0, 0.05) is 19.5 Å². The van der Waals surface area contributed by atoms with Crippen molar-refractivity contribution >= 4 is 21.9 Å². The fourth-order valence-corrected chi connectivity index (χ4v) is 2.87. The van der Waals surface area contributed by atoms with E-state index in [9.17, 15) is 18.0 Å². The van der Waals surface area contributed by atoms with E-state index in [1.54, 1.807) is 24.0 Å². The van der Waals surface area contributed by atoms with Gasteiger partial charge < -0.3 is 9.64 Å². The lowest BCUT2D eigenvalue weighted by Gasteiger charge is -2.25. The second-order valence-electron chi connectivity index (χ2n) is 5.99.